The van der Waals surface area contributed by atoms with Gasteiger partial charge in [-0.25, -0.2) is 9.50 Å². The lowest BCUT2D eigenvalue weighted by Crippen LogP contribution is -2.06. The molecule has 0 saturated heterocycles. The van der Waals surface area contributed by atoms with E-state index in [9.17, 15) is 4.79 Å². The van der Waals surface area contributed by atoms with Crippen LogP contribution in [0.1, 0.15) is 45.4 Å². The molecular weight excluding hydrogens is 452 g/mol. The maximum atomic E-state index is 11.4. The zero-order valence-electron chi connectivity index (χ0n) is 21.1. The quantitative estimate of drug-likeness (QED) is 0.174. The fourth-order valence-electron chi connectivity index (χ4n) is 4.39. The summed E-state index contributed by atoms with van der Waals surface area (Å²) < 4.78 is 12.3. The van der Waals surface area contributed by atoms with Gasteiger partial charge in [-0.05, 0) is 43.0 Å². The number of benzene rings is 2. The van der Waals surface area contributed by atoms with Gasteiger partial charge in [0, 0.05) is 30.3 Å². The van der Waals surface area contributed by atoms with Crippen LogP contribution in [0.25, 0.3) is 27.8 Å². The average Bonchev–Trinajstić information content (AvgIpc) is 3.31. The third-order valence-corrected chi connectivity index (χ3v) is 6.19. The van der Waals surface area contributed by atoms with Crippen LogP contribution >= 0.6 is 0 Å². The van der Waals surface area contributed by atoms with Crippen molar-refractivity contribution in [2.45, 2.75) is 45.4 Å². The van der Waals surface area contributed by atoms with Crippen LogP contribution in [0, 0.1) is 0 Å². The Kier molecular flexibility index (Phi) is 8.92. The Morgan fingerprint density at radius 1 is 0.944 bits per heavy atom. The number of hydrogen-bond donors (Lipinski definition) is 1. The lowest BCUT2D eigenvalue weighted by atomic mass is 9.97. The smallest absolute Gasteiger partial charge is 0.305 e. The van der Waals surface area contributed by atoms with Gasteiger partial charge in [0.05, 0.1) is 13.7 Å². The minimum atomic E-state index is -0.0957. The number of carbonyl (C=O) groups is 1. The molecule has 1 N–H and O–H groups in total. The van der Waals surface area contributed by atoms with Crippen LogP contribution in [0.5, 0.6) is 5.75 Å². The molecule has 36 heavy (non-hydrogen) atoms. The molecule has 0 amide bonds. The first-order valence-corrected chi connectivity index (χ1v) is 12.7. The number of rotatable bonds is 13. The molecule has 0 aliphatic heterocycles. The van der Waals surface area contributed by atoms with Gasteiger partial charge in [0.15, 0.2) is 5.82 Å². The molecule has 0 fully saturated rings. The molecule has 2 aromatic heterocycles. The second-order valence-electron chi connectivity index (χ2n) is 8.66. The molecule has 4 aromatic rings. The standard InChI is InChI=1S/C29H34N4O3/c1-3-36-26(34)14-10-5-4-6-11-19-30-29-28-27(23-15-17-24(35-2)18-16-23)25(20-33(28)32-21-31-29)22-12-8-7-9-13-22/h7-9,12-13,15-18,20-21H,3-6,10-11,14,19H2,1-2H3,(H,30,31,32). The summed E-state index contributed by atoms with van der Waals surface area (Å²) in [5, 5.41) is 8.06. The largest absolute Gasteiger partial charge is 0.497 e. The van der Waals surface area contributed by atoms with Gasteiger partial charge in [0.25, 0.3) is 0 Å². The molecule has 7 nitrogen and oxygen atoms in total. The molecule has 0 atom stereocenters. The van der Waals surface area contributed by atoms with Crippen molar-refractivity contribution in [1.82, 2.24) is 14.6 Å². The molecule has 0 bridgehead atoms. The third-order valence-electron chi connectivity index (χ3n) is 6.19. The van der Waals surface area contributed by atoms with E-state index in [4.69, 9.17) is 9.47 Å². The van der Waals surface area contributed by atoms with Crippen molar-refractivity contribution in [2.75, 3.05) is 25.6 Å². The molecule has 0 spiro atoms. The summed E-state index contributed by atoms with van der Waals surface area (Å²) >= 11 is 0. The Morgan fingerprint density at radius 2 is 1.69 bits per heavy atom. The van der Waals surface area contributed by atoms with E-state index in [2.05, 4.69) is 45.9 Å². The van der Waals surface area contributed by atoms with Crippen molar-refractivity contribution in [3.8, 4) is 28.0 Å². The van der Waals surface area contributed by atoms with Crippen molar-refractivity contribution in [2.24, 2.45) is 0 Å². The van der Waals surface area contributed by atoms with E-state index in [0.29, 0.717) is 13.0 Å². The van der Waals surface area contributed by atoms with Crippen molar-refractivity contribution >= 4 is 17.3 Å². The second kappa shape index (κ2) is 12.7. The van der Waals surface area contributed by atoms with E-state index in [1.807, 2.05) is 41.8 Å². The highest BCUT2D eigenvalue weighted by Crippen LogP contribution is 2.39. The predicted molar refractivity (Wildman–Crippen MR) is 143 cm³/mol. The molecule has 188 valence electrons. The predicted octanol–water partition coefficient (Wildman–Crippen LogP) is 6.39. The number of unbranched alkanes of at least 4 members (excludes halogenated alkanes) is 4. The molecule has 0 unspecified atom stereocenters. The van der Waals surface area contributed by atoms with Gasteiger partial charge in [-0.1, -0.05) is 61.7 Å². The number of esters is 1. The van der Waals surface area contributed by atoms with E-state index < -0.39 is 0 Å². The fourth-order valence-corrected chi connectivity index (χ4v) is 4.39. The molecule has 7 heteroatoms. The molecule has 0 radical (unpaired) electrons. The van der Waals surface area contributed by atoms with Crippen LogP contribution in [0.2, 0.25) is 0 Å². The molecule has 4 rings (SSSR count). The Labute approximate surface area is 212 Å². The van der Waals surface area contributed by atoms with Gasteiger partial charge in [-0.2, -0.15) is 5.10 Å². The van der Waals surface area contributed by atoms with E-state index in [1.165, 1.54) is 0 Å². The summed E-state index contributed by atoms with van der Waals surface area (Å²) in [6.45, 7) is 3.11. The van der Waals surface area contributed by atoms with Gasteiger partial charge in [0.1, 0.15) is 17.6 Å². The van der Waals surface area contributed by atoms with Crippen LogP contribution in [0.15, 0.2) is 67.1 Å². The van der Waals surface area contributed by atoms with Crippen molar-refractivity contribution in [1.29, 1.82) is 0 Å². The summed E-state index contributed by atoms with van der Waals surface area (Å²) in [6.07, 6.45) is 9.32. The summed E-state index contributed by atoms with van der Waals surface area (Å²) in [4.78, 5) is 16.0. The minimum absolute atomic E-state index is 0.0957. The van der Waals surface area contributed by atoms with Gasteiger partial charge in [0.2, 0.25) is 0 Å². The van der Waals surface area contributed by atoms with Crippen molar-refractivity contribution in [3.05, 3.63) is 67.1 Å². The molecule has 0 saturated carbocycles. The van der Waals surface area contributed by atoms with Crippen LogP contribution in [-0.2, 0) is 9.53 Å². The number of aromatic nitrogens is 3. The normalized spacial score (nSPS) is 10.9. The van der Waals surface area contributed by atoms with Gasteiger partial charge < -0.3 is 14.8 Å². The van der Waals surface area contributed by atoms with Crippen LogP contribution in [-0.4, -0.2) is 40.8 Å². The van der Waals surface area contributed by atoms with Crippen molar-refractivity contribution < 1.29 is 14.3 Å². The Balaban J connectivity index is 1.49. The van der Waals surface area contributed by atoms with Crippen molar-refractivity contribution in [3.63, 3.8) is 0 Å². The number of ether oxygens (including phenoxy) is 2. The lowest BCUT2D eigenvalue weighted by molar-refractivity contribution is -0.143. The first-order chi connectivity index (χ1) is 17.7. The van der Waals surface area contributed by atoms with E-state index in [1.54, 1.807) is 13.4 Å². The van der Waals surface area contributed by atoms with E-state index in [-0.39, 0.29) is 5.97 Å². The Bertz CT molecular complexity index is 1250. The molecule has 0 aliphatic carbocycles. The summed E-state index contributed by atoms with van der Waals surface area (Å²) in [5.74, 6) is 1.54. The topological polar surface area (TPSA) is 77.8 Å². The Hall–Kier alpha value is -3.87. The summed E-state index contributed by atoms with van der Waals surface area (Å²) in [5.41, 5.74) is 5.35. The Morgan fingerprint density at radius 3 is 2.44 bits per heavy atom. The van der Waals surface area contributed by atoms with Gasteiger partial charge >= 0.3 is 5.97 Å². The first kappa shape index (κ1) is 25.2. The molecule has 2 heterocycles. The number of nitrogens with zero attached hydrogens (tertiary/aromatic N) is 3. The van der Waals surface area contributed by atoms with Crippen LogP contribution in [0.4, 0.5) is 5.82 Å². The van der Waals surface area contributed by atoms with E-state index >= 15 is 0 Å². The number of nitrogens with one attached hydrogen (secondary N) is 1. The number of carbonyl (C=O) groups excluding carboxylic acids is 1. The van der Waals surface area contributed by atoms with Crippen LogP contribution < -0.4 is 10.1 Å². The zero-order valence-corrected chi connectivity index (χ0v) is 21.1. The maximum Gasteiger partial charge on any atom is 0.305 e. The molecule has 0 aliphatic rings. The maximum absolute atomic E-state index is 11.4. The number of fused-ring (bicyclic) bond motifs is 1. The number of methoxy groups -OCH3 is 1. The number of anilines is 1. The molecular formula is C29H34N4O3. The highest BCUT2D eigenvalue weighted by Gasteiger charge is 2.19. The monoisotopic (exact) mass is 486 g/mol. The molecule has 2 aromatic carbocycles. The lowest BCUT2D eigenvalue weighted by Gasteiger charge is -2.11. The van der Waals surface area contributed by atoms with E-state index in [0.717, 1.165) is 78.0 Å². The SMILES string of the molecule is CCOC(=O)CCCCCCCNc1ncnn2cc(-c3ccccc3)c(-c3ccc(OC)cc3)c12. The highest BCUT2D eigenvalue weighted by molar-refractivity contribution is 5.98. The average molecular weight is 487 g/mol. The number of hydrogen-bond acceptors (Lipinski definition) is 6. The summed E-state index contributed by atoms with van der Waals surface area (Å²) in [6, 6.07) is 18.5. The third kappa shape index (κ3) is 6.22. The zero-order chi connectivity index (χ0) is 25.2. The summed E-state index contributed by atoms with van der Waals surface area (Å²) in [7, 11) is 1.68. The minimum Gasteiger partial charge on any atom is -0.497 e. The fraction of sp³-hybridized carbons (Fsp3) is 0.345. The van der Waals surface area contributed by atoms with Crippen LogP contribution in [0.3, 0.4) is 0 Å². The first-order valence-electron chi connectivity index (χ1n) is 12.7. The second-order valence-corrected chi connectivity index (χ2v) is 8.66. The van der Waals surface area contributed by atoms with Gasteiger partial charge in [-0.3, -0.25) is 4.79 Å². The van der Waals surface area contributed by atoms with Gasteiger partial charge in [-0.15, -0.1) is 0 Å². The highest BCUT2D eigenvalue weighted by atomic mass is 16.5.